The Bertz CT molecular complexity index is 441. The van der Waals surface area contributed by atoms with Gasteiger partial charge in [-0.2, -0.15) is 0 Å². The average molecular weight is 279 g/mol. The molecular weight excluding hydrogens is 253 g/mol. The van der Waals surface area contributed by atoms with Crippen LogP contribution in [0.1, 0.15) is 56.2 Å². The van der Waals surface area contributed by atoms with Crippen LogP contribution in [-0.2, 0) is 4.74 Å². The molecule has 1 aromatic carbocycles. The predicted molar refractivity (Wildman–Crippen MR) is 80.4 cm³/mol. The van der Waals surface area contributed by atoms with Gasteiger partial charge in [-0.25, -0.2) is 4.39 Å². The second kappa shape index (κ2) is 6.68. The van der Waals surface area contributed by atoms with Crippen LogP contribution in [0.15, 0.2) is 18.2 Å². The molecule has 0 bridgehead atoms. The highest BCUT2D eigenvalue weighted by atomic mass is 19.1. The van der Waals surface area contributed by atoms with Gasteiger partial charge in [0.05, 0.1) is 11.6 Å². The van der Waals surface area contributed by atoms with E-state index in [9.17, 15) is 4.39 Å². The van der Waals surface area contributed by atoms with Crippen LogP contribution in [0.4, 0.5) is 4.39 Å². The number of hydrogen-bond acceptors (Lipinski definition) is 2. The van der Waals surface area contributed by atoms with E-state index in [-0.39, 0.29) is 17.5 Å². The van der Waals surface area contributed by atoms with Crippen LogP contribution in [0.3, 0.4) is 0 Å². The highest BCUT2D eigenvalue weighted by Crippen LogP contribution is 2.43. The molecule has 0 aromatic heterocycles. The lowest BCUT2D eigenvalue weighted by Gasteiger charge is -2.38. The molecule has 0 saturated heterocycles. The first-order chi connectivity index (χ1) is 9.63. The maximum Gasteiger partial charge on any atom is 0.123 e. The Morgan fingerprint density at radius 2 is 2.05 bits per heavy atom. The minimum Gasteiger partial charge on any atom is -0.376 e. The number of benzene rings is 1. The maximum absolute atomic E-state index is 13.4. The highest BCUT2D eigenvalue weighted by Gasteiger charge is 2.42. The second-order valence-corrected chi connectivity index (χ2v) is 5.86. The van der Waals surface area contributed by atoms with E-state index >= 15 is 0 Å². The quantitative estimate of drug-likeness (QED) is 0.845. The van der Waals surface area contributed by atoms with Gasteiger partial charge in [-0.05, 0) is 56.0 Å². The minimum atomic E-state index is -0.168. The lowest BCUT2D eigenvalue weighted by molar-refractivity contribution is -0.0369. The van der Waals surface area contributed by atoms with Crippen molar-refractivity contribution in [3.63, 3.8) is 0 Å². The molecule has 112 valence electrons. The summed E-state index contributed by atoms with van der Waals surface area (Å²) < 4.78 is 19.3. The van der Waals surface area contributed by atoms with Crippen LogP contribution in [0, 0.1) is 12.7 Å². The molecule has 0 radical (unpaired) electrons. The van der Waals surface area contributed by atoms with Gasteiger partial charge in [0, 0.05) is 7.11 Å². The van der Waals surface area contributed by atoms with Crippen LogP contribution >= 0.6 is 0 Å². The van der Waals surface area contributed by atoms with E-state index in [1.54, 1.807) is 12.1 Å². The van der Waals surface area contributed by atoms with Crippen LogP contribution in [0.2, 0.25) is 0 Å². The molecule has 1 aromatic rings. The molecule has 1 aliphatic rings. The molecule has 1 unspecified atom stereocenters. The van der Waals surface area contributed by atoms with E-state index in [1.807, 2.05) is 20.1 Å². The smallest absolute Gasteiger partial charge is 0.123 e. The van der Waals surface area contributed by atoms with Gasteiger partial charge in [0.2, 0.25) is 0 Å². The van der Waals surface area contributed by atoms with Crippen molar-refractivity contribution in [3.8, 4) is 0 Å². The van der Waals surface area contributed by atoms with Crippen molar-refractivity contribution >= 4 is 0 Å². The normalized spacial score (nSPS) is 19.2. The zero-order valence-electron chi connectivity index (χ0n) is 12.8. The fourth-order valence-corrected chi connectivity index (χ4v) is 3.42. The zero-order valence-corrected chi connectivity index (χ0v) is 12.8. The Labute approximate surface area is 121 Å². The minimum absolute atomic E-state index is 0.141. The number of halogens is 1. The molecule has 0 aliphatic heterocycles. The summed E-state index contributed by atoms with van der Waals surface area (Å²) in [5.41, 5.74) is 2.03. The van der Waals surface area contributed by atoms with E-state index in [0.717, 1.165) is 31.4 Å². The Kier molecular flexibility index (Phi) is 5.17. The lowest BCUT2D eigenvalue weighted by Crippen LogP contribution is -2.44. The van der Waals surface area contributed by atoms with Crippen molar-refractivity contribution in [2.45, 2.75) is 57.6 Å². The van der Waals surface area contributed by atoms with Crippen LogP contribution < -0.4 is 5.32 Å². The van der Waals surface area contributed by atoms with E-state index in [1.165, 1.54) is 18.4 Å². The maximum atomic E-state index is 13.4. The van der Waals surface area contributed by atoms with Gasteiger partial charge in [0.1, 0.15) is 5.82 Å². The summed E-state index contributed by atoms with van der Waals surface area (Å²) in [4.78, 5) is 0. The summed E-state index contributed by atoms with van der Waals surface area (Å²) in [6.07, 6.45) is 5.64. The number of rotatable bonds is 6. The van der Waals surface area contributed by atoms with Gasteiger partial charge in [-0.15, -0.1) is 0 Å². The zero-order chi connectivity index (χ0) is 14.6. The monoisotopic (exact) mass is 279 g/mol. The molecule has 0 amide bonds. The molecule has 1 aliphatic carbocycles. The van der Waals surface area contributed by atoms with Gasteiger partial charge in [-0.3, -0.25) is 0 Å². The number of nitrogens with one attached hydrogen (secondary N) is 1. The van der Waals surface area contributed by atoms with Crippen LogP contribution in [0.25, 0.3) is 0 Å². The number of methoxy groups -OCH3 is 1. The molecule has 1 saturated carbocycles. The molecule has 3 heteroatoms. The molecule has 1 atom stereocenters. The molecule has 2 rings (SSSR count). The molecule has 20 heavy (non-hydrogen) atoms. The van der Waals surface area contributed by atoms with Crippen molar-refractivity contribution in [2.24, 2.45) is 0 Å². The summed E-state index contributed by atoms with van der Waals surface area (Å²) >= 11 is 0. The molecule has 1 fully saturated rings. The molecule has 1 N–H and O–H groups in total. The number of ether oxygens (including phenoxy) is 1. The number of hydrogen-bond donors (Lipinski definition) is 1. The largest absolute Gasteiger partial charge is 0.376 e. The average Bonchev–Trinajstić information content (AvgIpc) is 2.91. The van der Waals surface area contributed by atoms with E-state index in [2.05, 4.69) is 12.2 Å². The van der Waals surface area contributed by atoms with Crippen molar-refractivity contribution in [1.82, 2.24) is 5.32 Å². The van der Waals surface area contributed by atoms with Gasteiger partial charge in [0.25, 0.3) is 0 Å². The van der Waals surface area contributed by atoms with Gasteiger partial charge >= 0.3 is 0 Å². The predicted octanol–water partition coefficient (Wildman–Crippen LogP) is 4.13. The van der Waals surface area contributed by atoms with Crippen molar-refractivity contribution < 1.29 is 9.13 Å². The first-order valence-electron chi connectivity index (χ1n) is 7.67. The first-order valence-corrected chi connectivity index (χ1v) is 7.67. The highest BCUT2D eigenvalue weighted by molar-refractivity contribution is 5.32. The Morgan fingerprint density at radius 1 is 1.35 bits per heavy atom. The van der Waals surface area contributed by atoms with Crippen LogP contribution in [0.5, 0.6) is 0 Å². The van der Waals surface area contributed by atoms with Gasteiger partial charge in [-0.1, -0.05) is 25.8 Å². The summed E-state index contributed by atoms with van der Waals surface area (Å²) in [7, 11) is 1.81. The van der Waals surface area contributed by atoms with Crippen molar-refractivity contribution in [2.75, 3.05) is 13.7 Å². The third kappa shape index (κ3) is 3.04. The first kappa shape index (κ1) is 15.5. The van der Waals surface area contributed by atoms with E-state index in [4.69, 9.17) is 4.74 Å². The fourth-order valence-electron chi connectivity index (χ4n) is 3.42. The van der Waals surface area contributed by atoms with E-state index < -0.39 is 0 Å². The van der Waals surface area contributed by atoms with Crippen LogP contribution in [-0.4, -0.2) is 19.3 Å². The van der Waals surface area contributed by atoms with Crippen molar-refractivity contribution in [3.05, 3.63) is 35.1 Å². The van der Waals surface area contributed by atoms with Gasteiger partial charge in [0.15, 0.2) is 0 Å². The summed E-state index contributed by atoms with van der Waals surface area (Å²) in [6, 6.07) is 5.24. The number of aryl methyl sites for hydroxylation is 1. The SMILES string of the molecule is CCCNC(c1ccc(F)cc1C)C1(OC)CCCC1. The molecular formula is C17H26FNO. The summed E-state index contributed by atoms with van der Waals surface area (Å²) in [6.45, 7) is 5.10. The standard InChI is InChI=1S/C17H26FNO/c1-4-11-19-16(17(20-3)9-5-6-10-17)15-8-7-14(18)12-13(15)2/h7-8,12,16,19H,4-6,9-11H2,1-3H3. The third-order valence-electron chi connectivity index (χ3n) is 4.52. The molecule has 0 spiro atoms. The third-order valence-corrected chi connectivity index (χ3v) is 4.52. The lowest BCUT2D eigenvalue weighted by atomic mass is 9.84. The Balaban J connectivity index is 2.35. The molecule has 2 nitrogen and oxygen atoms in total. The summed E-state index contributed by atoms with van der Waals surface area (Å²) in [5.74, 6) is -0.168. The van der Waals surface area contributed by atoms with E-state index in [0.29, 0.717) is 0 Å². The molecule has 0 heterocycles. The second-order valence-electron chi connectivity index (χ2n) is 5.86. The van der Waals surface area contributed by atoms with Crippen molar-refractivity contribution in [1.29, 1.82) is 0 Å². The fraction of sp³-hybridized carbons (Fsp3) is 0.647. The van der Waals surface area contributed by atoms with Gasteiger partial charge < -0.3 is 10.1 Å². The Morgan fingerprint density at radius 3 is 2.60 bits per heavy atom. The summed E-state index contributed by atoms with van der Waals surface area (Å²) in [5, 5.41) is 3.63. The Hall–Kier alpha value is -0.930. The topological polar surface area (TPSA) is 21.3 Å².